The van der Waals surface area contributed by atoms with Gasteiger partial charge in [-0.25, -0.2) is 0 Å². The van der Waals surface area contributed by atoms with Crippen LogP contribution in [0.15, 0.2) is 18.2 Å². The van der Waals surface area contributed by atoms with E-state index in [0.29, 0.717) is 32.1 Å². The van der Waals surface area contributed by atoms with Crippen molar-refractivity contribution < 1.29 is 27.6 Å². The van der Waals surface area contributed by atoms with E-state index in [9.17, 15) is 27.6 Å². The van der Waals surface area contributed by atoms with Crippen molar-refractivity contribution in [2.45, 2.75) is 57.3 Å². The number of halogens is 3. The summed E-state index contributed by atoms with van der Waals surface area (Å²) in [6.45, 7) is 8.11. The summed E-state index contributed by atoms with van der Waals surface area (Å²) in [6.07, 6.45) is -1.44. The molecule has 0 saturated carbocycles. The number of rotatable bonds is 6. The fraction of sp³-hybridized carbons (Fsp3) is 0.640. The van der Waals surface area contributed by atoms with Crippen molar-refractivity contribution in [2.75, 3.05) is 49.5 Å². The molecule has 2 N–H and O–H groups in total. The van der Waals surface area contributed by atoms with Gasteiger partial charge in [0.1, 0.15) is 6.04 Å². The number of piperazine rings is 1. The Kier molecular flexibility index (Phi) is 7.49. The molecule has 198 valence electrons. The van der Waals surface area contributed by atoms with Crippen LogP contribution in [-0.4, -0.2) is 78.9 Å². The zero-order valence-electron chi connectivity index (χ0n) is 20.7. The predicted octanol–water partition coefficient (Wildman–Crippen LogP) is 2.69. The Morgan fingerprint density at radius 1 is 1.00 bits per heavy atom. The van der Waals surface area contributed by atoms with Gasteiger partial charge in [-0.3, -0.25) is 24.6 Å². The van der Waals surface area contributed by atoms with E-state index in [4.69, 9.17) is 0 Å². The Morgan fingerprint density at radius 2 is 1.67 bits per heavy atom. The van der Waals surface area contributed by atoms with Crippen molar-refractivity contribution in [3.8, 4) is 0 Å². The van der Waals surface area contributed by atoms with E-state index < -0.39 is 23.7 Å². The van der Waals surface area contributed by atoms with Crippen molar-refractivity contribution >= 4 is 29.6 Å². The van der Waals surface area contributed by atoms with Gasteiger partial charge in [0.2, 0.25) is 18.2 Å². The van der Waals surface area contributed by atoms with Gasteiger partial charge < -0.3 is 15.1 Å². The number of nitrogens with zero attached hydrogens (tertiary/aromatic N) is 3. The maximum Gasteiger partial charge on any atom is 0.418 e. The molecule has 11 heteroatoms. The monoisotopic (exact) mass is 509 g/mol. The molecule has 1 aromatic carbocycles. The second kappa shape index (κ2) is 10.3. The van der Waals surface area contributed by atoms with Gasteiger partial charge in [-0.05, 0) is 57.2 Å². The molecule has 0 radical (unpaired) electrons. The number of amides is 3. The Hall–Kier alpha value is -2.82. The minimum absolute atomic E-state index is 0.107. The van der Waals surface area contributed by atoms with Crippen molar-refractivity contribution in [3.63, 3.8) is 0 Å². The maximum atomic E-state index is 14.0. The van der Waals surface area contributed by atoms with Gasteiger partial charge in [-0.2, -0.15) is 13.2 Å². The van der Waals surface area contributed by atoms with Crippen LogP contribution in [0.2, 0.25) is 0 Å². The quantitative estimate of drug-likeness (QED) is 0.453. The van der Waals surface area contributed by atoms with Gasteiger partial charge in [0.25, 0.3) is 0 Å². The summed E-state index contributed by atoms with van der Waals surface area (Å²) in [5.41, 5.74) is -0.521. The summed E-state index contributed by atoms with van der Waals surface area (Å²) in [4.78, 5) is 40.3. The number of hydrogen-bond donors (Lipinski definition) is 2. The third-order valence-corrected chi connectivity index (χ3v) is 8.00. The van der Waals surface area contributed by atoms with Crippen LogP contribution in [-0.2, 0) is 20.6 Å². The number of carbonyl (C=O) groups is 3. The normalized spacial score (nSPS) is 23.0. The summed E-state index contributed by atoms with van der Waals surface area (Å²) in [6, 6.07) is 3.33. The molecule has 3 aliphatic rings. The molecule has 8 nitrogen and oxygen atoms in total. The zero-order chi connectivity index (χ0) is 26.1. The zero-order valence-corrected chi connectivity index (χ0v) is 20.7. The Labute approximate surface area is 209 Å². The average Bonchev–Trinajstić information content (AvgIpc) is 2.85. The van der Waals surface area contributed by atoms with Crippen molar-refractivity contribution in [1.29, 1.82) is 0 Å². The molecule has 1 unspecified atom stereocenters. The van der Waals surface area contributed by atoms with Crippen molar-refractivity contribution in [3.05, 3.63) is 23.8 Å². The number of nitrogens with one attached hydrogen (secondary N) is 2. The minimum Gasteiger partial charge on any atom is -0.374 e. The maximum absolute atomic E-state index is 14.0. The highest BCUT2D eigenvalue weighted by atomic mass is 19.4. The number of imide groups is 1. The molecular formula is C25H34F3N5O3. The van der Waals surface area contributed by atoms with Crippen LogP contribution in [0.25, 0.3) is 0 Å². The summed E-state index contributed by atoms with van der Waals surface area (Å²) in [7, 11) is 0. The Balaban J connectivity index is 1.44. The lowest BCUT2D eigenvalue weighted by atomic mass is 9.79. The van der Waals surface area contributed by atoms with Crippen LogP contribution in [0.1, 0.15) is 45.1 Å². The number of alkyl halides is 3. The number of anilines is 2. The lowest BCUT2D eigenvalue weighted by Gasteiger charge is -2.50. The van der Waals surface area contributed by atoms with Crippen LogP contribution >= 0.6 is 0 Å². The molecule has 36 heavy (non-hydrogen) atoms. The standard InChI is InChI=1S/C25H34F3N5O3/c1-24(2,17-7-9-31(16-34)10-8-17)33-13-11-32(12-14-33)21-5-3-18(15-19(21)25(26,27)28)29-20-4-6-22(35)30-23(20)36/h3,5,15-17,20,29H,4,6-14H2,1-2H3,(H,30,35,36). The van der Waals surface area contributed by atoms with Gasteiger partial charge in [0, 0.05) is 62.6 Å². The lowest BCUT2D eigenvalue weighted by Crippen LogP contribution is -2.59. The molecule has 3 fully saturated rings. The topological polar surface area (TPSA) is 85.0 Å². The van der Waals surface area contributed by atoms with Gasteiger partial charge >= 0.3 is 6.18 Å². The predicted molar refractivity (Wildman–Crippen MR) is 129 cm³/mol. The molecule has 0 aromatic heterocycles. The molecule has 1 atom stereocenters. The summed E-state index contributed by atoms with van der Waals surface area (Å²) in [5, 5.41) is 5.06. The third kappa shape index (κ3) is 5.61. The van der Waals surface area contributed by atoms with Gasteiger partial charge in [-0.15, -0.1) is 0 Å². The summed E-state index contributed by atoms with van der Waals surface area (Å²) in [5.74, 6) is -0.485. The molecule has 3 saturated heterocycles. The molecule has 4 rings (SSSR count). The van der Waals surface area contributed by atoms with Crippen LogP contribution < -0.4 is 15.5 Å². The first kappa shape index (κ1) is 26.2. The molecule has 0 spiro atoms. The molecular weight excluding hydrogens is 475 g/mol. The largest absolute Gasteiger partial charge is 0.418 e. The second-order valence-corrected chi connectivity index (χ2v) is 10.4. The minimum atomic E-state index is -4.55. The molecule has 0 bridgehead atoms. The molecule has 3 aliphatic heterocycles. The smallest absolute Gasteiger partial charge is 0.374 e. The highest BCUT2D eigenvalue weighted by Gasteiger charge is 2.40. The van der Waals surface area contributed by atoms with Crippen molar-refractivity contribution in [2.24, 2.45) is 5.92 Å². The van der Waals surface area contributed by atoms with Gasteiger partial charge in [0.05, 0.1) is 5.56 Å². The van der Waals surface area contributed by atoms with E-state index in [-0.39, 0.29) is 35.7 Å². The van der Waals surface area contributed by atoms with E-state index in [1.165, 1.54) is 6.07 Å². The van der Waals surface area contributed by atoms with Gasteiger partial charge in [0.15, 0.2) is 0 Å². The van der Waals surface area contributed by atoms with Crippen LogP contribution in [0.4, 0.5) is 24.5 Å². The van der Waals surface area contributed by atoms with Crippen LogP contribution in [0.3, 0.4) is 0 Å². The van der Waals surface area contributed by atoms with E-state index in [1.54, 1.807) is 15.9 Å². The Bertz CT molecular complexity index is 984. The van der Waals surface area contributed by atoms with E-state index in [2.05, 4.69) is 29.4 Å². The van der Waals surface area contributed by atoms with Crippen molar-refractivity contribution in [1.82, 2.24) is 15.1 Å². The first-order valence-corrected chi connectivity index (χ1v) is 12.5. The number of carbonyl (C=O) groups excluding carboxylic acids is 3. The first-order valence-electron chi connectivity index (χ1n) is 12.5. The SMILES string of the molecule is CC(C)(C1CCN(C=O)CC1)N1CCN(c2ccc(NC3CCC(=O)NC3=O)cc2C(F)(F)F)CC1. The summed E-state index contributed by atoms with van der Waals surface area (Å²) >= 11 is 0. The summed E-state index contributed by atoms with van der Waals surface area (Å²) < 4.78 is 42.1. The van der Waals surface area contributed by atoms with Crippen LogP contribution in [0.5, 0.6) is 0 Å². The first-order chi connectivity index (χ1) is 17.0. The van der Waals surface area contributed by atoms with E-state index >= 15 is 0 Å². The molecule has 3 heterocycles. The van der Waals surface area contributed by atoms with Gasteiger partial charge in [-0.1, -0.05) is 0 Å². The second-order valence-electron chi connectivity index (χ2n) is 10.4. The number of hydrogen-bond acceptors (Lipinski definition) is 6. The highest BCUT2D eigenvalue weighted by molar-refractivity contribution is 6.01. The Morgan fingerprint density at radius 3 is 2.25 bits per heavy atom. The molecule has 3 amide bonds. The fourth-order valence-corrected chi connectivity index (χ4v) is 5.65. The number of piperidine rings is 2. The highest BCUT2D eigenvalue weighted by Crippen LogP contribution is 2.40. The van der Waals surface area contributed by atoms with E-state index in [1.807, 2.05) is 0 Å². The molecule has 0 aliphatic carbocycles. The third-order valence-electron chi connectivity index (χ3n) is 8.00. The number of benzene rings is 1. The molecule has 1 aromatic rings. The van der Waals surface area contributed by atoms with Crippen LogP contribution in [0, 0.1) is 5.92 Å². The average molecular weight is 510 g/mol. The number of likely N-dealkylation sites (tertiary alicyclic amines) is 1. The fourth-order valence-electron chi connectivity index (χ4n) is 5.65. The lowest BCUT2D eigenvalue weighted by molar-refractivity contribution is -0.137. The van der Waals surface area contributed by atoms with E-state index in [0.717, 1.165) is 38.4 Å².